The van der Waals surface area contributed by atoms with Crippen molar-refractivity contribution in [2.75, 3.05) is 13.6 Å². The van der Waals surface area contributed by atoms with E-state index in [0.717, 1.165) is 42.1 Å². The minimum absolute atomic E-state index is 0.109. The zero-order valence-corrected chi connectivity index (χ0v) is 18.1. The van der Waals surface area contributed by atoms with Gasteiger partial charge in [-0.25, -0.2) is 18.1 Å². The molecule has 0 unspecified atom stereocenters. The Labute approximate surface area is 170 Å². The second-order valence-corrected chi connectivity index (χ2v) is 9.89. The second kappa shape index (κ2) is 9.02. The lowest BCUT2D eigenvalue weighted by Crippen LogP contribution is -2.37. The number of aliphatic imine (C=N–C) groups is 1. The highest BCUT2D eigenvalue weighted by Gasteiger charge is 2.27. The molecule has 152 valence electrons. The summed E-state index contributed by atoms with van der Waals surface area (Å²) in [7, 11) is -1.67. The van der Waals surface area contributed by atoms with E-state index in [9.17, 15) is 8.42 Å². The van der Waals surface area contributed by atoms with E-state index in [1.165, 1.54) is 4.88 Å². The second-order valence-electron chi connectivity index (χ2n) is 6.89. The number of hydrogen-bond donors (Lipinski definition) is 3. The summed E-state index contributed by atoms with van der Waals surface area (Å²) in [5.74, 6) is 0.706. The van der Waals surface area contributed by atoms with Gasteiger partial charge in [-0.3, -0.25) is 4.99 Å². The quantitative estimate of drug-likeness (QED) is 0.448. The van der Waals surface area contributed by atoms with Gasteiger partial charge >= 0.3 is 0 Å². The molecule has 2 aromatic rings. The third kappa shape index (κ3) is 5.76. The van der Waals surface area contributed by atoms with Crippen molar-refractivity contribution < 1.29 is 8.42 Å². The van der Waals surface area contributed by atoms with Crippen LogP contribution in [-0.2, 0) is 23.0 Å². The van der Waals surface area contributed by atoms with Gasteiger partial charge in [0.25, 0.3) is 0 Å². The van der Waals surface area contributed by atoms with Crippen LogP contribution in [-0.4, -0.2) is 39.0 Å². The summed E-state index contributed by atoms with van der Waals surface area (Å²) in [5.41, 5.74) is 2.08. The van der Waals surface area contributed by atoms with Crippen LogP contribution in [0.15, 0.2) is 34.2 Å². The zero-order valence-electron chi connectivity index (χ0n) is 16.4. The standard InChI is InChI=1S/C19H27N5O2S2/c1-13-14(2)27-18(23-13)10-11-21-19(20-3)22-12-15-4-8-17(9-5-15)28(25,26)24-16-6-7-16/h4-5,8-9,16,24H,6-7,10-12H2,1-3H3,(H2,20,21,22). The maximum Gasteiger partial charge on any atom is 0.240 e. The molecule has 3 rings (SSSR count). The summed E-state index contributed by atoms with van der Waals surface area (Å²) in [6, 6.07) is 7.04. The van der Waals surface area contributed by atoms with Gasteiger partial charge in [-0.15, -0.1) is 11.3 Å². The van der Waals surface area contributed by atoms with Crippen LogP contribution in [0.1, 0.15) is 34.0 Å². The molecule has 7 nitrogen and oxygen atoms in total. The summed E-state index contributed by atoms with van der Waals surface area (Å²) >= 11 is 1.73. The highest BCUT2D eigenvalue weighted by molar-refractivity contribution is 7.89. The molecule has 28 heavy (non-hydrogen) atoms. The van der Waals surface area contributed by atoms with Gasteiger partial charge in [-0.05, 0) is 44.4 Å². The van der Waals surface area contributed by atoms with Crippen LogP contribution in [0.3, 0.4) is 0 Å². The van der Waals surface area contributed by atoms with E-state index >= 15 is 0 Å². The van der Waals surface area contributed by atoms with E-state index < -0.39 is 10.0 Å². The van der Waals surface area contributed by atoms with Crippen molar-refractivity contribution in [3.63, 3.8) is 0 Å². The minimum Gasteiger partial charge on any atom is -0.356 e. The number of guanidine groups is 1. The van der Waals surface area contributed by atoms with Crippen LogP contribution in [0.5, 0.6) is 0 Å². The Bertz CT molecular complexity index is 912. The SMILES string of the molecule is CN=C(NCCc1nc(C)c(C)s1)NCc1ccc(S(=O)(=O)NC2CC2)cc1. The lowest BCUT2D eigenvalue weighted by molar-refractivity contribution is 0.581. The van der Waals surface area contributed by atoms with Gasteiger partial charge in [0.05, 0.1) is 15.6 Å². The van der Waals surface area contributed by atoms with E-state index in [1.54, 1.807) is 30.5 Å². The Morgan fingerprint density at radius 3 is 2.50 bits per heavy atom. The number of hydrogen-bond acceptors (Lipinski definition) is 5. The number of nitrogens with one attached hydrogen (secondary N) is 3. The van der Waals surface area contributed by atoms with Gasteiger partial charge in [-0.2, -0.15) is 0 Å². The number of aromatic nitrogens is 1. The van der Waals surface area contributed by atoms with Crippen LogP contribution in [0, 0.1) is 13.8 Å². The number of nitrogens with zero attached hydrogens (tertiary/aromatic N) is 2. The number of rotatable bonds is 8. The monoisotopic (exact) mass is 421 g/mol. The number of sulfonamides is 1. The normalized spacial score (nSPS) is 14.9. The van der Waals surface area contributed by atoms with Crippen LogP contribution in [0.25, 0.3) is 0 Å². The first-order valence-electron chi connectivity index (χ1n) is 9.36. The van der Waals surface area contributed by atoms with Gasteiger partial charge < -0.3 is 10.6 Å². The van der Waals surface area contributed by atoms with Gasteiger partial charge in [0.2, 0.25) is 10.0 Å². The maximum absolute atomic E-state index is 12.2. The molecule has 0 radical (unpaired) electrons. The first-order chi connectivity index (χ1) is 13.4. The molecule has 1 aliphatic rings. The molecule has 0 amide bonds. The van der Waals surface area contributed by atoms with Gasteiger partial charge in [-0.1, -0.05) is 12.1 Å². The van der Waals surface area contributed by atoms with Crippen molar-refractivity contribution in [1.82, 2.24) is 20.3 Å². The van der Waals surface area contributed by atoms with Crippen LogP contribution >= 0.6 is 11.3 Å². The molecule has 0 aliphatic heterocycles. The molecule has 3 N–H and O–H groups in total. The molecule has 0 spiro atoms. The van der Waals surface area contributed by atoms with Crippen LogP contribution in [0.2, 0.25) is 0 Å². The average molecular weight is 422 g/mol. The summed E-state index contributed by atoms with van der Waals surface area (Å²) in [6.45, 7) is 5.42. The molecule has 1 saturated carbocycles. The fraction of sp³-hybridized carbons (Fsp3) is 0.474. The van der Waals surface area contributed by atoms with E-state index in [-0.39, 0.29) is 6.04 Å². The van der Waals surface area contributed by atoms with Crippen molar-refractivity contribution in [3.8, 4) is 0 Å². The highest BCUT2D eigenvalue weighted by atomic mass is 32.2. The molecular weight excluding hydrogens is 394 g/mol. The molecule has 1 aromatic heterocycles. The van der Waals surface area contributed by atoms with Crippen LogP contribution in [0.4, 0.5) is 0 Å². The van der Waals surface area contributed by atoms with Crippen LogP contribution < -0.4 is 15.4 Å². The molecule has 9 heteroatoms. The van der Waals surface area contributed by atoms with E-state index in [1.807, 2.05) is 19.1 Å². The summed E-state index contributed by atoms with van der Waals surface area (Å²) in [6.07, 6.45) is 2.70. The number of aryl methyl sites for hydroxylation is 2. The van der Waals surface area contributed by atoms with E-state index in [2.05, 4.69) is 32.3 Å². The summed E-state index contributed by atoms with van der Waals surface area (Å²) < 4.78 is 27.1. The molecule has 0 bridgehead atoms. The summed E-state index contributed by atoms with van der Waals surface area (Å²) in [5, 5.41) is 7.65. The molecule has 0 saturated heterocycles. The molecular formula is C19H27N5O2S2. The number of benzene rings is 1. The fourth-order valence-corrected chi connectivity index (χ4v) is 4.85. The summed E-state index contributed by atoms with van der Waals surface area (Å²) in [4.78, 5) is 10.3. The van der Waals surface area contributed by atoms with Gasteiger partial charge in [0, 0.05) is 37.5 Å². The minimum atomic E-state index is -3.40. The topological polar surface area (TPSA) is 95.5 Å². The first kappa shape index (κ1) is 20.8. The smallest absolute Gasteiger partial charge is 0.240 e. The predicted molar refractivity (Wildman–Crippen MR) is 113 cm³/mol. The molecule has 1 aliphatic carbocycles. The largest absolute Gasteiger partial charge is 0.356 e. The molecule has 1 aromatic carbocycles. The van der Waals surface area contributed by atoms with Gasteiger partial charge in [0.1, 0.15) is 0 Å². The predicted octanol–water partition coefficient (Wildman–Crippen LogP) is 2.11. The molecule has 1 heterocycles. The van der Waals surface area contributed by atoms with Crippen molar-refractivity contribution in [2.45, 2.75) is 50.6 Å². The Hall–Kier alpha value is -1.97. The Morgan fingerprint density at radius 2 is 1.93 bits per heavy atom. The zero-order chi connectivity index (χ0) is 20.1. The average Bonchev–Trinajstić information content (AvgIpc) is 3.41. The van der Waals surface area contributed by atoms with Gasteiger partial charge in [0.15, 0.2) is 5.96 Å². The fourth-order valence-electron chi connectivity index (χ4n) is 2.62. The van der Waals surface area contributed by atoms with Crippen molar-refractivity contribution in [1.29, 1.82) is 0 Å². The highest BCUT2D eigenvalue weighted by Crippen LogP contribution is 2.22. The van der Waals surface area contributed by atoms with Crippen molar-refractivity contribution in [3.05, 3.63) is 45.4 Å². The lowest BCUT2D eigenvalue weighted by Gasteiger charge is -2.12. The third-order valence-electron chi connectivity index (χ3n) is 4.52. The Kier molecular flexibility index (Phi) is 6.69. The van der Waals surface area contributed by atoms with Crippen molar-refractivity contribution >= 4 is 27.3 Å². The maximum atomic E-state index is 12.2. The molecule has 0 atom stereocenters. The van der Waals surface area contributed by atoms with Crippen molar-refractivity contribution in [2.24, 2.45) is 4.99 Å². The first-order valence-corrected chi connectivity index (χ1v) is 11.7. The lowest BCUT2D eigenvalue weighted by atomic mass is 10.2. The Balaban J connectivity index is 1.46. The van der Waals surface area contributed by atoms with E-state index in [0.29, 0.717) is 17.4 Å². The number of thiazole rings is 1. The van der Waals surface area contributed by atoms with E-state index in [4.69, 9.17) is 0 Å². The Morgan fingerprint density at radius 1 is 1.21 bits per heavy atom. The third-order valence-corrected chi connectivity index (χ3v) is 7.19. The molecule has 1 fully saturated rings.